The summed E-state index contributed by atoms with van der Waals surface area (Å²) in [6.07, 6.45) is 13.2. The summed E-state index contributed by atoms with van der Waals surface area (Å²) < 4.78 is 5.79. The molecule has 1 aromatic carbocycles. The number of unbranched alkanes of at least 4 members (excludes halogenated alkanes) is 8. The van der Waals surface area contributed by atoms with Crippen LogP contribution in [-0.2, 0) is 6.42 Å². The van der Waals surface area contributed by atoms with E-state index in [1.165, 1.54) is 50.5 Å². The zero-order chi connectivity index (χ0) is 16.6. The number of benzene rings is 1. The Morgan fingerprint density at radius 3 is 1.87 bits per heavy atom. The Labute approximate surface area is 142 Å². The van der Waals surface area contributed by atoms with E-state index in [0.717, 1.165) is 44.6 Å². The number of hydrogen-bond acceptors (Lipinski definition) is 3. The number of hydrogen-bond donors (Lipinski definition) is 2. The molecule has 0 aliphatic carbocycles. The van der Waals surface area contributed by atoms with Crippen molar-refractivity contribution >= 4 is 0 Å². The fourth-order valence-electron chi connectivity index (χ4n) is 2.70. The fraction of sp³-hybridized carbons (Fsp3) is 0.700. The van der Waals surface area contributed by atoms with E-state index in [9.17, 15) is 0 Å². The molecule has 1 aromatic rings. The second-order valence-electron chi connectivity index (χ2n) is 6.29. The topological polar surface area (TPSA) is 55.5 Å². The van der Waals surface area contributed by atoms with Gasteiger partial charge in [0.15, 0.2) is 0 Å². The molecule has 0 fully saturated rings. The summed E-state index contributed by atoms with van der Waals surface area (Å²) in [4.78, 5) is 0. The van der Waals surface area contributed by atoms with Crippen LogP contribution < -0.4 is 10.5 Å². The highest BCUT2D eigenvalue weighted by atomic mass is 16.5. The minimum absolute atomic E-state index is 0.344. The van der Waals surface area contributed by atoms with Crippen LogP contribution in [-0.4, -0.2) is 24.9 Å². The lowest BCUT2D eigenvalue weighted by molar-refractivity contribution is 0.282. The van der Waals surface area contributed by atoms with E-state index in [4.69, 9.17) is 15.6 Å². The van der Waals surface area contributed by atoms with E-state index >= 15 is 0 Å². The second-order valence-corrected chi connectivity index (χ2v) is 6.29. The highest BCUT2D eigenvalue weighted by molar-refractivity contribution is 5.27. The summed E-state index contributed by atoms with van der Waals surface area (Å²) in [5.74, 6) is 0.977. The molecule has 132 valence electrons. The van der Waals surface area contributed by atoms with Crippen LogP contribution >= 0.6 is 0 Å². The third-order valence-corrected chi connectivity index (χ3v) is 4.16. The molecule has 0 bridgehead atoms. The van der Waals surface area contributed by atoms with Crippen molar-refractivity contribution in [2.45, 2.75) is 70.6 Å². The average molecular weight is 322 g/mol. The van der Waals surface area contributed by atoms with Crippen molar-refractivity contribution < 1.29 is 9.84 Å². The fourth-order valence-corrected chi connectivity index (χ4v) is 2.70. The van der Waals surface area contributed by atoms with Crippen LogP contribution in [0.2, 0.25) is 0 Å². The number of aliphatic hydroxyl groups is 1. The van der Waals surface area contributed by atoms with E-state index in [1.807, 2.05) is 0 Å². The van der Waals surface area contributed by atoms with Crippen LogP contribution in [0.3, 0.4) is 0 Å². The molecule has 23 heavy (non-hydrogen) atoms. The molecule has 0 unspecified atom stereocenters. The number of ether oxygens (including phenoxy) is 1. The molecule has 0 spiro atoms. The van der Waals surface area contributed by atoms with Crippen LogP contribution in [0, 0.1) is 0 Å². The first-order valence-corrected chi connectivity index (χ1v) is 9.39. The molecule has 0 aromatic heterocycles. The van der Waals surface area contributed by atoms with Gasteiger partial charge < -0.3 is 15.6 Å². The van der Waals surface area contributed by atoms with Crippen LogP contribution in [0.4, 0.5) is 0 Å². The molecule has 3 heteroatoms. The standard InChI is InChI=1S/C20H35NO2/c21-16-10-11-19-12-14-20(15-13-19)23-18-9-7-5-3-1-2-4-6-8-17-22/h12-15,22H,1-11,16-18,21H2. The first kappa shape index (κ1) is 20.0. The molecule has 0 aliphatic heterocycles. The van der Waals surface area contributed by atoms with Gasteiger partial charge in [0.05, 0.1) is 6.61 Å². The van der Waals surface area contributed by atoms with Gasteiger partial charge in [-0.15, -0.1) is 0 Å². The maximum absolute atomic E-state index is 8.70. The lowest BCUT2D eigenvalue weighted by Crippen LogP contribution is -2.00. The third-order valence-electron chi connectivity index (χ3n) is 4.16. The molecule has 0 amide bonds. The molecule has 1 rings (SSSR count). The van der Waals surface area contributed by atoms with E-state index in [2.05, 4.69) is 24.3 Å². The summed E-state index contributed by atoms with van der Waals surface area (Å²) in [7, 11) is 0. The highest BCUT2D eigenvalue weighted by Gasteiger charge is 1.97. The van der Waals surface area contributed by atoms with Crippen molar-refractivity contribution in [3.05, 3.63) is 29.8 Å². The van der Waals surface area contributed by atoms with Gasteiger partial charge in [-0.05, 0) is 49.9 Å². The second kappa shape index (κ2) is 14.5. The maximum Gasteiger partial charge on any atom is 0.119 e. The van der Waals surface area contributed by atoms with Gasteiger partial charge in [-0.25, -0.2) is 0 Å². The lowest BCUT2D eigenvalue weighted by atomic mass is 10.1. The van der Waals surface area contributed by atoms with Gasteiger partial charge in [0.25, 0.3) is 0 Å². The monoisotopic (exact) mass is 321 g/mol. The van der Waals surface area contributed by atoms with Crippen molar-refractivity contribution in [3.63, 3.8) is 0 Å². The maximum atomic E-state index is 8.70. The Morgan fingerprint density at radius 1 is 0.739 bits per heavy atom. The summed E-state index contributed by atoms with van der Waals surface area (Å²) >= 11 is 0. The van der Waals surface area contributed by atoms with Gasteiger partial charge in [-0.2, -0.15) is 0 Å². The predicted molar refractivity (Wildman–Crippen MR) is 98.0 cm³/mol. The van der Waals surface area contributed by atoms with E-state index in [1.54, 1.807) is 0 Å². The number of aryl methyl sites for hydroxylation is 1. The largest absolute Gasteiger partial charge is 0.494 e. The smallest absolute Gasteiger partial charge is 0.119 e. The van der Waals surface area contributed by atoms with Crippen molar-refractivity contribution in [1.29, 1.82) is 0 Å². The number of nitrogens with two attached hydrogens (primary N) is 1. The highest BCUT2D eigenvalue weighted by Crippen LogP contribution is 2.14. The summed E-state index contributed by atoms with van der Waals surface area (Å²) in [6, 6.07) is 8.42. The van der Waals surface area contributed by atoms with Gasteiger partial charge in [-0.3, -0.25) is 0 Å². The van der Waals surface area contributed by atoms with E-state index in [0.29, 0.717) is 6.61 Å². The summed E-state index contributed by atoms with van der Waals surface area (Å²) in [5, 5.41) is 8.70. The SMILES string of the molecule is NCCCc1ccc(OCCCCCCCCCCCO)cc1. The van der Waals surface area contributed by atoms with Gasteiger partial charge in [0.2, 0.25) is 0 Å². The number of aliphatic hydroxyl groups excluding tert-OH is 1. The van der Waals surface area contributed by atoms with Gasteiger partial charge in [0, 0.05) is 6.61 Å². The Balaban J connectivity index is 1.92. The molecular weight excluding hydrogens is 286 g/mol. The predicted octanol–water partition coefficient (Wildman–Crippen LogP) is 4.46. The molecule has 3 N–H and O–H groups in total. The molecule has 0 radical (unpaired) electrons. The summed E-state index contributed by atoms with van der Waals surface area (Å²) in [6.45, 7) is 1.91. The van der Waals surface area contributed by atoms with E-state index in [-0.39, 0.29) is 0 Å². The molecule has 3 nitrogen and oxygen atoms in total. The molecule has 0 saturated carbocycles. The van der Waals surface area contributed by atoms with Crippen molar-refractivity contribution in [3.8, 4) is 5.75 Å². The Hall–Kier alpha value is -1.06. The minimum Gasteiger partial charge on any atom is -0.494 e. The van der Waals surface area contributed by atoms with E-state index < -0.39 is 0 Å². The van der Waals surface area contributed by atoms with Crippen molar-refractivity contribution in [2.75, 3.05) is 19.8 Å². The first-order chi connectivity index (χ1) is 11.4. The lowest BCUT2D eigenvalue weighted by Gasteiger charge is -2.07. The quantitative estimate of drug-likeness (QED) is 0.469. The minimum atomic E-state index is 0.344. The average Bonchev–Trinajstić information content (AvgIpc) is 2.59. The van der Waals surface area contributed by atoms with Crippen LogP contribution in [0.1, 0.15) is 69.8 Å². The Kier molecular flexibility index (Phi) is 12.6. The Morgan fingerprint density at radius 2 is 1.30 bits per heavy atom. The first-order valence-electron chi connectivity index (χ1n) is 9.39. The molecule has 0 atom stereocenters. The van der Waals surface area contributed by atoms with Crippen molar-refractivity contribution in [1.82, 2.24) is 0 Å². The molecule has 0 aliphatic rings. The third kappa shape index (κ3) is 11.2. The molecule has 0 heterocycles. The van der Waals surface area contributed by atoms with Gasteiger partial charge >= 0.3 is 0 Å². The van der Waals surface area contributed by atoms with Crippen LogP contribution in [0.5, 0.6) is 5.75 Å². The normalized spacial score (nSPS) is 10.9. The van der Waals surface area contributed by atoms with Crippen molar-refractivity contribution in [2.24, 2.45) is 5.73 Å². The zero-order valence-corrected chi connectivity index (χ0v) is 14.6. The summed E-state index contributed by atoms with van der Waals surface area (Å²) in [5.41, 5.74) is 6.86. The van der Waals surface area contributed by atoms with Crippen LogP contribution in [0.15, 0.2) is 24.3 Å². The van der Waals surface area contributed by atoms with Crippen LogP contribution in [0.25, 0.3) is 0 Å². The van der Waals surface area contributed by atoms with Gasteiger partial charge in [-0.1, -0.05) is 57.1 Å². The molecule has 0 saturated heterocycles. The van der Waals surface area contributed by atoms with Gasteiger partial charge in [0.1, 0.15) is 5.75 Å². The number of rotatable bonds is 15. The zero-order valence-electron chi connectivity index (χ0n) is 14.6. The molecular formula is C20H35NO2. The Bertz CT molecular complexity index is 364.